The van der Waals surface area contributed by atoms with Gasteiger partial charge in [0.25, 0.3) is 5.91 Å². The number of imide groups is 1. The smallest absolute Gasteiger partial charge is 0.256 e. The van der Waals surface area contributed by atoms with Gasteiger partial charge in [-0.2, -0.15) is 0 Å². The monoisotopic (exact) mass is 384 g/mol. The molecular weight excluding hydrogens is 371 g/mol. The van der Waals surface area contributed by atoms with Gasteiger partial charge in [0.2, 0.25) is 5.91 Å². The van der Waals surface area contributed by atoms with Crippen LogP contribution in [0.3, 0.4) is 0 Å². The van der Waals surface area contributed by atoms with Gasteiger partial charge in [-0.15, -0.1) is 0 Å². The standard InChI is InChI=1S/C20H14Cl2N2O2/c21-14-8-15(22)10-17(9-14)24-19(25)11-18(20(24)26)23-16-6-5-12-3-1-2-4-13(12)7-16/h1-10,18,23H,11H2/t18-/m1/s1. The van der Waals surface area contributed by atoms with Crippen LogP contribution >= 0.6 is 23.2 Å². The minimum absolute atomic E-state index is 0.0792. The van der Waals surface area contributed by atoms with Gasteiger partial charge in [-0.25, -0.2) is 4.90 Å². The van der Waals surface area contributed by atoms with Crippen LogP contribution < -0.4 is 10.2 Å². The molecule has 4 nitrogen and oxygen atoms in total. The number of carbonyl (C=O) groups excluding carboxylic acids is 2. The van der Waals surface area contributed by atoms with Gasteiger partial charge in [0, 0.05) is 15.7 Å². The summed E-state index contributed by atoms with van der Waals surface area (Å²) in [7, 11) is 0. The summed E-state index contributed by atoms with van der Waals surface area (Å²) < 4.78 is 0. The lowest BCUT2D eigenvalue weighted by atomic mass is 10.1. The molecule has 0 aliphatic carbocycles. The number of anilines is 2. The summed E-state index contributed by atoms with van der Waals surface area (Å²) in [5.41, 5.74) is 1.18. The molecule has 1 aliphatic rings. The van der Waals surface area contributed by atoms with E-state index in [2.05, 4.69) is 5.32 Å². The van der Waals surface area contributed by atoms with Gasteiger partial charge >= 0.3 is 0 Å². The molecule has 0 spiro atoms. The first kappa shape index (κ1) is 16.9. The van der Waals surface area contributed by atoms with E-state index in [9.17, 15) is 9.59 Å². The predicted molar refractivity (Wildman–Crippen MR) is 105 cm³/mol. The molecule has 0 bridgehead atoms. The van der Waals surface area contributed by atoms with E-state index in [0.29, 0.717) is 15.7 Å². The molecule has 26 heavy (non-hydrogen) atoms. The third-order valence-corrected chi connectivity index (χ3v) is 4.78. The molecule has 6 heteroatoms. The van der Waals surface area contributed by atoms with Crippen molar-refractivity contribution >= 4 is 57.2 Å². The van der Waals surface area contributed by atoms with Crippen molar-refractivity contribution in [3.05, 3.63) is 70.7 Å². The number of fused-ring (bicyclic) bond motifs is 1. The maximum Gasteiger partial charge on any atom is 0.256 e. The van der Waals surface area contributed by atoms with Crippen molar-refractivity contribution in [1.29, 1.82) is 0 Å². The Morgan fingerprint density at radius 1 is 0.885 bits per heavy atom. The van der Waals surface area contributed by atoms with Gasteiger partial charge in [0.05, 0.1) is 12.1 Å². The predicted octanol–water partition coefficient (Wildman–Crippen LogP) is 4.89. The number of hydrogen-bond donors (Lipinski definition) is 1. The number of benzene rings is 3. The third-order valence-electron chi connectivity index (χ3n) is 4.34. The van der Waals surface area contributed by atoms with Crippen LogP contribution in [-0.4, -0.2) is 17.9 Å². The second-order valence-electron chi connectivity index (χ2n) is 6.16. The number of rotatable bonds is 3. The highest BCUT2D eigenvalue weighted by atomic mass is 35.5. The molecule has 1 aliphatic heterocycles. The second-order valence-corrected chi connectivity index (χ2v) is 7.03. The summed E-state index contributed by atoms with van der Waals surface area (Å²) in [6.45, 7) is 0. The molecule has 0 unspecified atom stereocenters. The Balaban J connectivity index is 1.60. The molecule has 0 radical (unpaired) electrons. The van der Waals surface area contributed by atoms with Gasteiger partial charge in [-0.3, -0.25) is 9.59 Å². The first-order valence-corrected chi connectivity index (χ1v) is 8.85. The fourth-order valence-electron chi connectivity index (χ4n) is 3.16. The van der Waals surface area contributed by atoms with Crippen molar-refractivity contribution in [2.45, 2.75) is 12.5 Å². The zero-order valence-electron chi connectivity index (χ0n) is 13.6. The third kappa shape index (κ3) is 3.14. The highest BCUT2D eigenvalue weighted by Gasteiger charge is 2.39. The molecule has 1 fully saturated rings. The average molecular weight is 385 g/mol. The SMILES string of the molecule is O=C1C[C@@H](Nc2ccc3ccccc3c2)C(=O)N1c1cc(Cl)cc(Cl)c1. The van der Waals surface area contributed by atoms with Crippen LogP contribution in [0.4, 0.5) is 11.4 Å². The van der Waals surface area contributed by atoms with Gasteiger partial charge in [0.1, 0.15) is 6.04 Å². The Labute approximate surface area is 160 Å². The Morgan fingerprint density at radius 2 is 1.58 bits per heavy atom. The molecule has 2 amide bonds. The lowest BCUT2D eigenvalue weighted by Gasteiger charge is -2.17. The fraction of sp³-hybridized carbons (Fsp3) is 0.100. The Bertz CT molecular complexity index is 1010. The number of halogens is 2. The Kier molecular flexibility index (Phi) is 4.31. The number of hydrogen-bond acceptors (Lipinski definition) is 3. The second kappa shape index (κ2) is 6.63. The molecule has 1 N–H and O–H groups in total. The molecule has 0 saturated carbocycles. The number of nitrogens with one attached hydrogen (secondary N) is 1. The van der Waals surface area contributed by atoms with E-state index in [-0.39, 0.29) is 18.2 Å². The minimum atomic E-state index is -0.624. The van der Waals surface area contributed by atoms with E-state index < -0.39 is 6.04 Å². The quantitative estimate of drug-likeness (QED) is 0.653. The van der Waals surface area contributed by atoms with E-state index in [1.54, 1.807) is 18.2 Å². The summed E-state index contributed by atoms with van der Waals surface area (Å²) >= 11 is 12.0. The van der Waals surface area contributed by atoms with Crippen LogP contribution in [0.5, 0.6) is 0 Å². The van der Waals surface area contributed by atoms with Gasteiger partial charge in [-0.05, 0) is 41.1 Å². The van der Waals surface area contributed by atoms with E-state index in [0.717, 1.165) is 21.4 Å². The first-order chi connectivity index (χ1) is 12.5. The zero-order chi connectivity index (χ0) is 18.3. The number of carbonyl (C=O) groups is 2. The van der Waals surface area contributed by atoms with Crippen molar-refractivity contribution < 1.29 is 9.59 Å². The summed E-state index contributed by atoms with van der Waals surface area (Å²) in [6.07, 6.45) is 0.0792. The molecular formula is C20H14Cl2N2O2. The van der Waals surface area contributed by atoms with Crippen LogP contribution in [0, 0.1) is 0 Å². The van der Waals surface area contributed by atoms with E-state index in [1.807, 2.05) is 42.5 Å². The molecule has 4 rings (SSSR count). The van der Waals surface area contributed by atoms with Gasteiger partial charge < -0.3 is 5.32 Å². The van der Waals surface area contributed by atoms with Crippen LogP contribution in [0.25, 0.3) is 10.8 Å². The molecule has 0 aromatic heterocycles. The van der Waals surface area contributed by atoms with Gasteiger partial charge in [0.15, 0.2) is 0 Å². The highest BCUT2D eigenvalue weighted by Crippen LogP contribution is 2.30. The highest BCUT2D eigenvalue weighted by molar-refractivity contribution is 6.35. The lowest BCUT2D eigenvalue weighted by molar-refractivity contribution is -0.121. The van der Waals surface area contributed by atoms with Crippen LogP contribution in [-0.2, 0) is 9.59 Å². The first-order valence-electron chi connectivity index (χ1n) is 8.09. The summed E-state index contributed by atoms with van der Waals surface area (Å²) in [5.74, 6) is -0.604. The molecule has 3 aromatic carbocycles. The number of amides is 2. The fourth-order valence-corrected chi connectivity index (χ4v) is 3.68. The molecule has 3 aromatic rings. The Morgan fingerprint density at radius 3 is 2.31 bits per heavy atom. The molecule has 1 heterocycles. The normalized spacial score (nSPS) is 17.2. The maximum atomic E-state index is 12.8. The number of nitrogens with zero attached hydrogens (tertiary/aromatic N) is 1. The summed E-state index contributed by atoms with van der Waals surface area (Å²) in [4.78, 5) is 26.3. The van der Waals surface area contributed by atoms with E-state index >= 15 is 0 Å². The summed E-state index contributed by atoms with van der Waals surface area (Å²) in [6, 6.07) is 17.9. The largest absolute Gasteiger partial charge is 0.373 e. The van der Waals surface area contributed by atoms with Gasteiger partial charge in [-0.1, -0.05) is 53.5 Å². The molecule has 1 atom stereocenters. The maximum absolute atomic E-state index is 12.8. The van der Waals surface area contributed by atoms with Crippen LogP contribution in [0.1, 0.15) is 6.42 Å². The average Bonchev–Trinajstić information content (AvgIpc) is 2.87. The topological polar surface area (TPSA) is 49.4 Å². The van der Waals surface area contributed by atoms with Crippen molar-refractivity contribution in [2.75, 3.05) is 10.2 Å². The van der Waals surface area contributed by atoms with Crippen LogP contribution in [0.2, 0.25) is 10.0 Å². The van der Waals surface area contributed by atoms with Crippen LogP contribution in [0.15, 0.2) is 60.7 Å². The van der Waals surface area contributed by atoms with E-state index in [4.69, 9.17) is 23.2 Å². The van der Waals surface area contributed by atoms with Crippen molar-refractivity contribution in [3.63, 3.8) is 0 Å². The molecule has 1 saturated heterocycles. The Hall–Kier alpha value is -2.56. The van der Waals surface area contributed by atoms with Crippen molar-refractivity contribution in [3.8, 4) is 0 Å². The van der Waals surface area contributed by atoms with E-state index in [1.165, 1.54) is 0 Å². The molecule has 130 valence electrons. The van der Waals surface area contributed by atoms with Crippen molar-refractivity contribution in [2.24, 2.45) is 0 Å². The lowest BCUT2D eigenvalue weighted by Crippen LogP contribution is -2.34. The zero-order valence-corrected chi connectivity index (χ0v) is 15.1. The summed E-state index contributed by atoms with van der Waals surface area (Å²) in [5, 5.41) is 6.09. The van der Waals surface area contributed by atoms with Crippen molar-refractivity contribution in [1.82, 2.24) is 0 Å². The minimum Gasteiger partial charge on any atom is -0.373 e.